The molecule has 2 N–H and O–H groups in total. The number of piperidine rings is 1. The average molecular weight is 303 g/mol. The third-order valence-corrected chi connectivity index (χ3v) is 4.81. The van der Waals surface area contributed by atoms with Crippen LogP contribution < -0.4 is 5.32 Å². The van der Waals surface area contributed by atoms with E-state index in [0.717, 1.165) is 44.6 Å². The van der Waals surface area contributed by atoms with Crippen LogP contribution in [0.25, 0.3) is 0 Å². The van der Waals surface area contributed by atoms with Crippen molar-refractivity contribution in [1.82, 2.24) is 15.1 Å². The van der Waals surface area contributed by atoms with Crippen molar-refractivity contribution in [2.75, 3.05) is 32.7 Å². The number of hydrogen-bond acceptors (Lipinski definition) is 3. The van der Waals surface area contributed by atoms with Crippen molar-refractivity contribution in [3.05, 3.63) is 35.9 Å². The molecule has 2 aliphatic heterocycles. The van der Waals surface area contributed by atoms with Gasteiger partial charge in [0.2, 0.25) is 0 Å². The van der Waals surface area contributed by atoms with E-state index in [1.54, 1.807) is 0 Å². The molecule has 1 atom stereocenters. The highest BCUT2D eigenvalue weighted by Crippen LogP contribution is 2.25. The Bertz CT molecular complexity index is 510. The highest BCUT2D eigenvalue weighted by molar-refractivity contribution is 5.76. The number of benzene rings is 1. The van der Waals surface area contributed by atoms with Crippen LogP contribution in [0, 0.1) is 0 Å². The molecule has 2 aliphatic rings. The Balaban J connectivity index is 1.54. The summed E-state index contributed by atoms with van der Waals surface area (Å²) in [6.07, 6.45) is 1.97. The van der Waals surface area contributed by atoms with Gasteiger partial charge in [-0.25, -0.2) is 4.79 Å². The number of nitrogens with zero attached hydrogens (tertiary/aromatic N) is 2. The third kappa shape index (κ3) is 3.25. The van der Waals surface area contributed by atoms with Gasteiger partial charge >= 0.3 is 6.03 Å². The molecule has 0 spiro atoms. The smallest absolute Gasteiger partial charge is 0.317 e. The lowest BCUT2D eigenvalue weighted by Gasteiger charge is -2.39. The molecule has 1 aromatic rings. The largest absolute Gasteiger partial charge is 0.384 e. The predicted molar refractivity (Wildman–Crippen MR) is 85.6 cm³/mol. The number of rotatable bonds is 4. The van der Waals surface area contributed by atoms with E-state index in [1.807, 2.05) is 42.2 Å². The number of amides is 2. The molecule has 0 saturated carbocycles. The predicted octanol–water partition coefficient (Wildman–Crippen LogP) is 1.38. The van der Waals surface area contributed by atoms with E-state index in [2.05, 4.69) is 10.2 Å². The number of β-amino-alcohol motifs (C(OH)–C–C–N with tert-alkyl or cyclic N) is 1. The van der Waals surface area contributed by atoms with Crippen molar-refractivity contribution in [3.63, 3.8) is 0 Å². The van der Waals surface area contributed by atoms with Gasteiger partial charge in [-0.2, -0.15) is 0 Å². The van der Waals surface area contributed by atoms with E-state index in [-0.39, 0.29) is 6.03 Å². The Morgan fingerprint density at radius 3 is 2.50 bits per heavy atom. The molecule has 120 valence electrons. The SMILES string of the molecule is C[C@@](O)(CN1CCC(N2CCNC2=O)CC1)c1ccccc1. The van der Waals surface area contributed by atoms with E-state index in [1.165, 1.54) is 0 Å². The lowest BCUT2D eigenvalue weighted by atomic mass is 9.94. The molecule has 5 heteroatoms. The molecule has 0 aromatic heterocycles. The Kier molecular flexibility index (Phi) is 4.36. The second kappa shape index (κ2) is 6.26. The Hall–Kier alpha value is -1.59. The van der Waals surface area contributed by atoms with Crippen molar-refractivity contribution in [2.24, 2.45) is 0 Å². The van der Waals surface area contributed by atoms with Crippen molar-refractivity contribution in [2.45, 2.75) is 31.4 Å². The molecule has 0 unspecified atom stereocenters. The van der Waals surface area contributed by atoms with Crippen LogP contribution in [0.15, 0.2) is 30.3 Å². The van der Waals surface area contributed by atoms with Gasteiger partial charge in [-0.15, -0.1) is 0 Å². The van der Waals surface area contributed by atoms with Crippen molar-refractivity contribution in [1.29, 1.82) is 0 Å². The van der Waals surface area contributed by atoms with Gasteiger partial charge in [-0.3, -0.25) is 4.90 Å². The number of nitrogens with one attached hydrogen (secondary N) is 1. The first kappa shape index (κ1) is 15.3. The van der Waals surface area contributed by atoms with Gasteiger partial charge in [-0.1, -0.05) is 30.3 Å². The van der Waals surface area contributed by atoms with Gasteiger partial charge in [0.1, 0.15) is 0 Å². The van der Waals surface area contributed by atoms with Crippen LogP contribution in [0.4, 0.5) is 4.79 Å². The van der Waals surface area contributed by atoms with Crippen LogP contribution in [-0.4, -0.2) is 59.7 Å². The van der Waals surface area contributed by atoms with Gasteiger partial charge in [-0.05, 0) is 25.3 Å². The average Bonchev–Trinajstić information content (AvgIpc) is 2.95. The zero-order valence-corrected chi connectivity index (χ0v) is 13.2. The summed E-state index contributed by atoms with van der Waals surface area (Å²) < 4.78 is 0. The Morgan fingerprint density at radius 1 is 1.23 bits per heavy atom. The summed E-state index contributed by atoms with van der Waals surface area (Å²) >= 11 is 0. The van der Waals surface area contributed by atoms with E-state index >= 15 is 0 Å². The second-order valence-corrected chi connectivity index (χ2v) is 6.57. The lowest BCUT2D eigenvalue weighted by molar-refractivity contribution is 0.00383. The van der Waals surface area contributed by atoms with Crippen LogP contribution in [0.1, 0.15) is 25.3 Å². The minimum atomic E-state index is -0.834. The van der Waals surface area contributed by atoms with E-state index < -0.39 is 5.60 Å². The molecule has 2 heterocycles. The maximum absolute atomic E-state index is 11.7. The molecule has 22 heavy (non-hydrogen) atoms. The van der Waals surface area contributed by atoms with E-state index in [0.29, 0.717) is 12.6 Å². The maximum atomic E-state index is 11.7. The fourth-order valence-electron chi connectivity index (χ4n) is 3.55. The summed E-state index contributed by atoms with van der Waals surface area (Å²) in [4.78, 5) is 16.0. The van der Waals surface area contributed by atoms with Crippen LogP contribution in [0.3, 0.4) is 0 Å². The van der Waals surface area contributed by atoms with Crippen molar-refractivity contribution >= 4 is 6.03 Å². The maximum Gasteiger partial charge on any atom is 0.317 e. The molecule has 0 radical (unpaired) electrons. The highest BCUT2D eigenvalue weighted by Gasteiger charge is 2.33. The molecule has 2 saturated heterocycles. The standard InChI is InChI=1S/C17H25N3O2/c1-17(22,14-5-3-2-4-6-14)13-19-10-7-15(8-11-19)20-12-9-18-16(20)21/h2-6,15,22H,7-13H2,1H3,(H,18,21)/t17-/m1/s1. The summed E-state index contributed by atoms with van der Waals surface area (Å²) in [7, 11) is 0. The number of carbonyl (C=O) groups is 1. The first-order valence-electron chi connectivity index (χ1n) is 8.11. The van der Waals surface area contributed by atoms with Crippen LogP contribution in [0.5, 0.6) is 0 Å². The minimum Gasteiger partial charge on any atom is -0.384 e. The summed E-state index contributed by atoms with van der Waals surface area (Å²) in [5, 5.41) is 13.6. The van der Waals surface area contributed by atoms with Crippen LogP contribution in [-0.2, 0) is 5.60 Å². The number of aliphatic hydroxyl groups is 1. The van der Waals surface area contributed by atoms with E-state index in [4.69, 9.17) is 0 Å². The lowest BCUT2D eigenvalue weighted by Crippen LogP contribution is -2.49. The fourth-order valence-corrected chi connectivity index (χ4v) is 3.55. The van der Waals surface area contributed by atoms with Crippen LogP contribution in [0.2, 0.25) is 0 Å². The minimum absolute atomic E-state index is 0.0785. The first-order valence-corrected chi connectivity index (χ1v) is 8.11. The molecule has 2 amide bonds. The Labute approximate surface area is 131 Å². The van der Waals surface area contributed by atoms with Gasteiger partial charge in [0.15, 0.2) is 0 Å². The molecule has 0 aliphatic carbocycles. The van der Waals surface area contributed by atoms with E-state index in [9.17, 15) is 9.90 Å². The molecule has 0 bridgehead atoms. The summed E-state index contributed by atoms with van der Waals surface area (Å²) in [5.74, 6) is 0. The van der Waals surface area contributed by atoms with Gasteiger partial charge in [0.25, 0.3) is 0 Å². The summed E-state index contributed by atoms with van der Waals surface area (Å²) in [5.41, 5.74) is 0.120. The van der Waals surface area contributed by atoms with Crippen molar-refractivity contribution < 1.29 is 9.90 Å². The molecule has 1 aromatic carbocycles. The summed E-state index contributed by atoms with van der Waals surface area (Å²) in [6.45, 7) is 5.96. The summed E-state index contributed by atoms with van der Waals surface area (Å²) in [6, 6.07) is 10.3. The first-order chi connectivity index (χ1) is 10.6. The number of carbonyl (C=O) groups excluding carboxylic acids is 1. The van der Waals surface area contributed by atoms with Crippen molar-refractivity contribution in [3.8, 4) is 0 Å². The monoisotopic (exact) mass is 303 g/mol. The topological polar surface area (TPSA) is 55.8 Å². The fraction of sp³-hybridized carbons (Fsp3) is 0.588. The normalized spacial score (nSPS) is 23.4. The number of hydrogen-bond donors (Lipinski definition) is 2. The molecular formula is C17H25N3O2. The quantitative estimate of drug-likeness (QED) is 0.883. The van der Waals surface area contributed by atoms with Gasteiger partial charge < -0.3 is 15.3 Å². The number of urea groups is 1. The third-order valence-electron chi connectivity index (χ3n) is 4.81. The molecular weight excluding hydrogens is 278 g/mol. The number of likely N-dealkylation sites (tertiary alicyclic amines) is 1. The highest BCUT2D eigenvalue weighted by atomic mass is 16.3. The Morgan fingerprint density at radius 2 is 1.91 bits per heavy atom. The molecule has 3 rings (SSSR count). The molecule has 5 nitrogen and oxygen atoms in total. The van der Waals surface area contributed by atoms with Gasteiger partial charge in [0.05, 0.1) is 5.60 Å². The second-order valence-electron chi connectivity index (χ2n) is 6.57. The van der Waals surface area contributed by atoms with Crippen LogP contribution >= 0.6 is 0 Å². The zero-order valence-electron chi connectivity index (χ0n) is 13.2. The zero-order chi connectivity index (χ0) is 15.6. The van der Waals surface area contributed by atoms with Gasteiger partial charge in [0, 0.05) is 38.8 Å². The molecule has 2 fully saturated rings.